The van der Waals surface area contributed by atoms with E-state index in [1.165, 1.54) is 0 Å². The van der Waals surface area contributed by atoms with E-state index < -0.39 is 12.3 Å². The van der Waals surface area contributed by atoms with E-state index in [0.29, 0.717) is 6.42 Å². The van der Waals surface area contributed by atoms with Crippen LogP contribution in [0.3, 0.4) is 0 Å². The lowest BCUT2D eigenvalue weighted by molar-refractivity contribution is -0.127. The fraction of sp³-hybridized carbons (Fsp3) is 1.00. The normalized spacial score (nSPS) is 16.8. The van der Waals surface area contributed by atoms with Crippen LogP contribution < -0.4 is 5.48 Å². The summed E-state index contributed by atoms with van der Waals surface area (Å²) in [5, 5.41) is 26.0. The summed E-state index contributed by atoms with van der Waals surface area (Å²) in [7, 11) is 0. The summed E-state index contributed by atoms with van der Waals surface area (Å²) in [5.41, 5.74) is 0.165. The quantitative estimate of drug-likeness (QED) is 0.323. The van der Waals surface area contributed by atoms with Crippen LogP contribution in [-0.2, 0) is 0 Å². The first-order valence-corrected chi connectivity index (χ1v) is 3.43. The van der Waals surface area contributed by atoms with Gasteiger partial charge in [-0.1, -0.05) is 13.3 Å². The Morgan fingerprint density at radius 3 is 2.40 bits per heavy atom. The van der Waals surface area contributed by atoms with E-state index in [1.54, 1.807) is 5.48 Å². The van der Waals surface area contributed by atoms with Gasteiger partial charge in [-0.25, -0.2) is 0 Å². The molecule has 0 radical (unpaired) electrons. The summed E-state index contributed by atoms with van der Waals surface area (Å²) in [6, 6.07) is 0. The van der Waals surface area contributed by atoms with Gasteiger partial charge >= 0.3 is 0 Å². The number of hydroxylamine groups is 1. The molecule has 4 heteroatoms. The Morgan fingerprint density at radius 2 is 2.10 bits per heavy atom. The van der Waals surface area contributed by atoms with Crippen LogP contribution in [0.2, 0.25) is 0 Å². The molecule has 0 aromatic heterocycles. The van der Waals surface area contributed by atoms with Crippen LogP contribution in [-0.4, -0.2) is 27.8 Å². The van der Waals surface area contributed by atoms with E-state index in [9.17, 15) is 0 Å². The predicted octanol–water partition coefficient (Wildman–Crippen LogP) is -0.164. The van der Waals surface area contributed by atoms with Crippen molar-refractivity contribution >= 4 is 0 Å². The highest BCUT2D eigenvalue weighted by Crippen LogP contribution is 2.08. The highest BCUT2D eigenvalue weighted by atomic mass is 16.5. The molecule has 0 bridgehead atoms. The van der Waals surface area contributed by atoms with Crippen molar-refractivity contribution in [3.05, 3.63) is 0 Å². The smallest absolute Gasteiger partial charge is 0.160 e. The van der Waals surface area contributed by atoms with Crippen molar-refractivity contribution in [1.82, 2.24) is 5.48 Å². The molecule has 62 valence electrons. The second kappa shape index (κ2) is 4.62. The van der Waals surface area contributed by atoms with Crippen LogP contribution in [0.5, 0.6) is 0 Å². The Kier molecular flexibility index (Phi) is 4.55. The highest BCUT2D eigenvalue weighted by Gasteiger charge is 2.23. The molecular formula is C6H15NO3. The number of unbranched alkanes of at least 4 members (excludes halogenated alkanes) is 1. The fourth-order valence-electron chi connectivity index (χ4n) is 0.640. The Bertz CT molecular complexity index is 83.1. The van der Waals surface area contributed by atoms with Crippen molar-refractivity contribution in [2.75, 3.05) is 6.61 Å². The van der Waals surface area contributed by atoms with Gasteiger partial charge in [0, 0.05) is 0 Å². The van der Waals surface area contributed by atoms with Crippen molar-refractivity contribution in [2.45, 2.75) is 31.9 Å². The average molecular weight is 149 g/mol. The maximum Gasteiger partial charge on any atom is 0.160 e. The number of aliphatic hydroxyl groups is 2. The lowest BCUT2D eigenvalue weighted by Crippen LogP contribution is -2.46. The zero-order valence-electron chi connectivity index (χ0n) is 6.17. The van der Waals surface area contributed by atoms with E-state index in [-0.39, 0.29) is 0 Å². The van der Waals surface area contributed by atoms with Gasteiger partial charge in [0.2, 0.25) is 0 Å². The molecule has 0 aromatic rings. The zero-order valence-corrected chi connectivity index (χ0v) is 6.17. The molecule has 0 aliphatic heterocycles. The number of aliphatic hydroxyl groups excluding tert-OH is 1. The first-order chi connectivity index (χ1) is 4.68. The Morgan fingerprint density at radius 1 is 1.50 bits per heavy atom. The van der Waals surface area contributed by atoms with Crippen LogP contribution in [0.25, 0.3) is 0 Å². The Labute approximate surface area is 60.5 Å². The van der Waals surface area contributed by atoms with E-state index in [0.717, 1.165) is 12.8 Å². The topological polar surface area (TPSA) is 72.7 Å². The SMILES string of the molecule is CCCCC(O)(CO)NO. The van der Waals surface area contributed by atoms with Crippen molar-refractivity contribution in [3.8, 4) is 0 Å². The fourth-order valence-corrected chi connectivity index (χ4v) is 0.640. The molecule has 10 heavy (non-hydrogen) atoms. The van der Waals surface area contributed by atoms with Gasteiger partial charge in [-0.05, 0) is 12.8 Å². The molecule has 4 nitrogen and oxygen atoms in total. The molecule has 0 spiro atoms. The molecule has 0 rings (SSSR count). The summed E-state index contributed by atoms with van der Waals surface area (Å²) in [5.74, 6) is 0. The predicted molar refractivity (Wildman–Crippen MR) is 36.5 cm³/mol. The van der Waals surface area contributed by atoms with Crippen molar-refractivity contribution in [3.63, 3.8) is 0 Å². The molecule has 1 atom stereocenters. The molecule has 0 amide bonds. The molecule has 0 fully saturated rings. The van der Waals surface area contributed by atoms with Gasteiger partial charge < -0.3 is 15.4 Å². The van der Waals surface area contributed by atoms with Crippen molar-refractivity contribution in [2.24, 2.45) is 0 Å². The second-order valence-electron chi connectivity index (χ2n) is 2.41. The van der Waals surface area contributed by atoms with Crippen LogP contribution in [0, 0.1) is 0 Å². The van der Waals surface area contributed by atoms with Gasteiger partial charge in [0.15, 0.2) is 5.72 Å². The van der Waals surface area contributed by atoms with Gasteiger partial charge in [0.05, 0.1) is 6.61 Å². The Balaban J connectivity index is 3.58. The number of hydrogen-bond donors (Lipinski definition) is 4. The highest BCUT2D eigenvalue weighted by molar-refractivity contribution is 4.68. The average Bonchev–Trinajstić information content (AvgIpc) is 2.00. The van der Waals surface area contributed by atoms with E-state index in [4.69, 9.17) is 15.4 Å². The summed E-state index contributed by atoms with van der Waals surface area (Å²) in [6.45, 7) is 1.50. The summed E-state index contributed by atoms with van der Waals surface area (Å²) in [4.78, 5) is 0. The van der Waals surface area contributed by atoms with Crippen molar-refractivity contribution < 1.29 is 15.4 Å². The molecule has 4 N–H and O–H groups in total. The summed E-state index contributed by atoms with van der Waals surface area (Å²) >= 11 is 0. The molecular weight excluding hydrogens is 134 g/mol. The maximum atomic E-state index is 9.15. The zero-order chi connectivity index (χ0) is 8.04. The summed E-state index contributed by atoms with van der Waals surface area (Å²) in [6.07, 6.45) is 2.05. The van der Waals surface area contributed by atoms with E-state index >= 15 is 0 Å². The molecule has 0 saturated heterocycles. The third-order valence-corrected chi connectivity index (χ3v) is 1.41. The van der Waals surface area contributed by atoms with Crippen molar-refractivity contribution in [1.29, 1.82) is 0 Å². The second-order valence-corrected chi connectivity index (χ2v) is 2.41. The third-order valence-electron chi connectivity index (χ3n) is 1.41. The maximum absolute atomic E-state index is 9.15. The van der Waals surface area contributed by atoms with Crippen LogP contribution in [0.1, 0.15) is 26.2 Å². The molecule has 0 aliphatic rings. The van der Waals surface area contributed by atoms with Gasteiger partial charge in [-0.2, -0.15) is 5.48 Å². The van der Waals surface area contributed by atoms with E-state index in [2.05, 4.69) is 0 Å². The largest absolute Gasteiger partial charge is 0.392 e. The molecule has 0 saturated carbocycles. The van der Waals surface area contributed by atoms with Gasteiger partial charge in [-0.3, -0.25) is 0 Å². The minimum Gasteiger partial charge on any atom is -0.392 e. The first-order valence-electron chi connectivity index (χ1n) is 3.43. The first kappa shape index (κ1) is 9.84. The monoisotopic (exact) mass is 149 g/mol. The molecule has 0 heterocycles. The molecule has 0 aromatic carbocycles. The molecule has 1 unspecified atom stereocenters. The number of rotatable bonds is 5. The molecule has 0 aliphatic carbocycles. The summed E-state index contributed by atoms with van der Waals surface area (Å²) < 4.78 is 0. The number of nitrogens with one attached hydrogen (secondary N) is 1. The standard InChI is InChI=1S/C6H15NO3/c1-2-3-4-6(9,5-8)7-10/h7-10H,2-5H2,1H3. The van der Waals surface area contributed by atoms with Gasteiger partial charge in [0.25, 0.3) is 0 Å². The minimum absolute atomic E-state index is 0.358. The Hall–Kier alpha value is -0.160. The number of hydrogen-bond acceptors (Lipinski definition) is 4. The van der Waals surface area contributed by atoms with Gasteiger partial charge in [0.1, 0.15) is 0 Å². The lowest BCUT2D eigenvalue weighted by Gasteiger charge is -2.22. The van der Waals surface area contributed by atoms with E-state index in [1.807, 2.05) is 6.92 Å². The van der Waals surface area contributed by atoms with Crippen LogP contribution >= 0.6 is 0 Å². The van der Waals surface area contributed by atoms with Gasteiger partial charge in [-0.15, -0.1) is 0 Å². The third kappa shape index (κ3) is 3.12. The lowest BCUT2D eigenvalue weighted by atomic mass is 10.1. The van der Waals surface area contributed by atoms with Crippen LogP contribution in [0.15, 0.2) is 0 Å². The minimum atomic E-state index is -1.50. The van der Waals surface area contributed by atoms with Crippen LogP contribution in [0.4, 0.5) is 0 Å².